The van der Waals surface area contributed by atoms with E-state index in [-0.39, 0.29) is 12.2 Å². The first-order chi connectivity index (χ1) is 16.0. The molecule has 0 amide bonds. The SMILES string of the molecule is CN1CC[C@@]23CCCC[C@]2(C)[C@@H]1Cc1ccc(OCOC(=O)OCCc2ccccc2)cc13. The fraction of sp³-hybridized carbons (Fsp3) is 0.536. The van der Waals surface area contributed by atoms with Crippen LogP contribution in [0.2, 0.25) is 0 Å². The maximum atomic E-state index is 11.9. The van der Waals surface area contributed by atoms with Crippen LogP contribution in [0, 0.1) is 5.41 Å². The highest BCUT2D eigenvalue weighted by Gasteiger charge is 2.60. The van der Waals surface area contributed by atoms with Gasteiger partial charge in [-0.3, -0.25) is 0 Å². The van der Waals surface area contributed by atoms with Gasteiger partial charge in [0.2, 0.25) is 6.79 Å². The first-order valence-corrected chi connectivity index (χ1v) is 12.3. The average Bonchev–Trinajstić information content (AvgIpc) is 2.82. The lowest BCUT2D eigenvalue weighted by Crippen LogP contribution is -2.66. The predicted octanol–water partition coefficient (Wildman–Crippen LogP) is 5.50. The van der Waals surface area contributed by atoms with Crippen molar-refractivity contribution >= 4 is 6.16 Å². The molecule has 2 aliphatic carbocycles. The number of fused-ring (bicyclic) bond motifs is 1. The monoisotopic (exact) mass is 449 g/mol. The summed E-state index contributed by atoms with van der Waals surface area (Å²) < 4.78 is 16.2. The van der Waals surface area contributed by atoms with Crippen molar-refractivity contribution in [1.82, 2.24) is 4.90 Å². The molecule has 0 aromatic heterocycles. The van der Waals surface area contributed by atoms with Gasteiger partial charge in [-0.2, -0.15) is 0 Å². The van der Waals surface area contributed by atoms with Crippen molar-refractivity contribution in [2.24, 2.45) is 5.41 Å². The minimum Gasteiger partial charge on any atom is -0.457 e. The molecule has 0 unspecified atom stereocenters. The number of hydrogen-bond donors (Lipinski definition) is 0. The highest BCUT2D eigenvalue weighted by Crippen LogP contribution is 2.62. The average molecular weight is 450 g/mol. The molecular formula is C28H35NO4. The number of nitrogens with zero attached hydrogens (tertiary/aromatic N) is 1. The summed E-state index contributed by atoms with van der Waals surface area (Å²) in [5, 5.41) is 0. The summed E-state index contributed by atoms with van der Waals surface area (Å²) in [7, 11) is 2.30. The van der Waals surface area contributed by atoms with Crippen molar-refractivity contribution in [1.29, 1.82) is 0 Å². The van der Waals surface area contributed by atoms with Gasteiger partial charge in [-0.1, -0.05) is 56.2 Å². The van der Waals surface area contributed by atoms with E-state index in [1.165, 1.54) is 43.2 Å². The van der Waals surface area contributed by atoms with E-state index >= 15 is 0 Å². The fourth-order valence-electron chi connectivity index (χ4n) is 6.87. The van der Waals surface area contributed by atoms with Gasteiger partial charge >= 0.3 is 6.16 Å². The lowest BCUT2D eigenvalue weighted by molar-refractivity contribution is -0.0737. The van der Waals surface area contributed by atoms with Crippen LogP contribution in [0.25, 0.3) is 0 Å². The molecule has 3 atom stereocenters. The van der Waals surface area contributed by atoms with E-state index in [1.807, 2.05) is 36.4 Å². The van der Waals surface area contributed by atoms with E-state index in [0.717, 1.165) is 24.3 Å². The summed E-state index contributed by atoms with van der Waals surface area (Å²) in [5.41, 5.74) is 4.59. The van der Waals surface area contributed by atoms with Crippen LogP contribution >= 0.6 is 0 Å². The summed E-state index contributed by atoms with van der Waals surface area (Å²) in [6.07, 6.45) is 7.47. The van der Waals surface area contributed by atoms with E-state index in [2.05, 4.69) is 31.0 Å². The standard InChI is InChI=1S/C28H35NO4/c1-27-13-6-7-14-28(27)15-16-29(2)25(27)18-22-10-11-23(19-24(22)28)32-20-33-26(30)31-17-12-21-8-4-3-5-9-21/h3-5,8-11,19,25H,6-7,12-18,20H2,1-2H3/t25-,27+,28+/m0/s1. The molecule has 0 spiro atoms. The number of rotatable bonds is 6. The van der Waals surface area contributed by atoms with Crippen molar-refractivity contribution in [2.45, 2.75) is 63.3 Å². The molecule has 2 aromatic rings. The summed E-state index contributed by atoms with van der Waals surface area (Å²) in [4.78, 5) is 14.5. The van der Waals surface area contributed by atoms with Gasteiger partial charge in [-0.15, -0.1) is 0 Å². The van der Waals surface area contributed by atoms with Crippen LogP contribution in [-0.2, 0) is 27.7 Å². The van der Waals surface area contributed by atoms with Gasteiger partial charge in [0.05, 0.1) is 6.61 Å². The maximum Gasteiger partial charge on any atom is 0.511 e. The molecule has 5 nitrogen and oxygen atoms in total. The van der Waals surface area contributed by atoms with Gasteiger partial charge in [-0.25, -0.2) is 4.79 Å². The molecule has 1 saturated heterocycles. The first-order valence-electron chi connectivity index (χ1n) is 12.3. The van der Waals surface area contributed by atoms with Crippen LogP contribution < -0.4 is 4.74 Å². The van der Waals surface area contributed by atoms with Crippen molar-refractivity contribution < 1.29 is 19.0 Å². The van der Waals surface area contributed by atoms with Crippen LogP contribution in [0.4, 0.5) is 4.79 Å². The molecule has 2 fully saturated rings. The molecule has 1 aliphatic heterocycles. The maximum absolute atomic E-state index is 11.9. The molecule has 2 aromatic carbocycles. The van der Waals surface area contributed by atoms with Gasteiger partial charge in [0, 0.05) is 17.9 Å². The number of carbonyl (C=O) groups is 1. The van der Waals surface area contributed by atoms with Gasteiger partial charge in [0.15, 0.2) is 0 Å². The third kappa shape index (κ3) is 4.01. The van der Waals surface area contributed by atoms with E-state index in [9.17, 15) is 4.79 Å². The van der Waals surface area contributed by atoms with E-state index < -0.39 is 6.16 Å². The summed E-state index contributed by atoms with van der Waals surface area (Å²) >= 11 is 0. The second-order valence-electron chi connectivity index (χ2n) is 10.2. The van der Waals surface area contributed by atoms with Crippen LogP contribution in [0.15, 0.2) is 48.5 Å². The molecule has 176 valence electrons. The molecule has 5 rings (SSSR count). The topological polar surface area (TPSA) is 48.0 Å². The van der Waals surface area contributed by atoms with Crippen LogP contribution in [0.1, 0.15) is 55.7 Å². The molecular weight excluding hydrogens is 414 g/mol. The fourth-order valence-corrected chi connectivity index (χ4v) is 6.87. The number of likely N-dealkylation sites (N-methyl/N-ethyl adjacent to an activating group) is 1. The van der Waals surface area contributed by atoms with E-state index in [0.29, 0.717) is 24.5 Å². The van der Waals surface area contributed by atoms with Crippen molar-refractivity contribution in [3.63, 3.8) is 0 Å². The summed E-state index contributed by atoms with van der Waals surface area (Å²) in [6, 6.07) is 17.0. The number of ether oxygens (including phenoxy) is 3. The van der Waals surface area contributed by atoms with Crippen LogP contribution in [-0.4, -0.2) is 44.1 Å². The second kappa shape index (κ2) is 9.02. The highest BCUT2D eigenvalue weighted by molar-refractivity contribution is 5.59. The number of carbonyl (C=O) groups excluding carboxylic acids is 1. The van der Waals surface area contributed by atoms with E-state index in [1.54, 1.807) is 0 Å². The molecule has 3 aliphatic rings. The number of hydrogen-bond acceptors (Lipinski definition) is 5. The van der Waals surface area contributed by atoms with Crippen molar-refractivity contribution in [2.75, 3.05) is 27.0 Å². The lowest BCUT2D eigenvalue weighted by Gasteiger charge is -2.65. The Morgan fingerprint density at radius 2 is 1.88 bits per heavy atom. The van der Waals surface area contributed by atoms with Gasteiger partial charge < -0.3 is 19.1 Å². The molecule has 33 heavy (non-hydrogen) atoms. The molecule has 5 heteroatoms. The smallest absolute Gasteiger partial charge is 0.457 e. The van der Waals surface area contributed by atoms with Gasteiger partial charge in [0.25, 0.3) is 0 Å². The highest BCUT2D eigenvalue weighted by atomic mass is 16.8. The number of benzene rings is 2. The molecule has 2 bridgehead atoms. The quantitative estimate of drug-likeness (QED) is 0.431. The third-order valence-corrected chi connectivity index (χ3v) is 8.67. The van der Waals surface area contributed by atoms with Crippen LogP contribution in [0.5, 0.6) is 5.75 Å². The van der Waals surface area contributed by atoms with E-state index in [4.69, 9.17) is 14.2 Å². The lowest BCUT2D eigenvalue weighted by atomic mass is 9.45. The Kier molecular flexibility index (Phi) is 6.09. The second-order valence-corrected chi connectivity index (χ2v) is 10.2. The molecule has 0 N–H and O–H groups in total. The number of likely N-dealkylation sites (tertiary alicyclic amines) is 1. The zero-order valence-corrected chi connectivity index (χ0v) is 19.8. The normalized spacial score (nSPS) is 28.4. The van der Waals surface area contributed by atoms with Crippen molar-refractivity contribution in [3.05, 3.63) is 65.2 Å². The zero-order valence-electron chi connectivity index (χ0n) is 19.8. The third-order valence-electron chi connectivity index (χ3n) is 8.67. The largest absolute Gasteiger partial charge is 0.511 e. The Labute approximate surface area is 197 Å². The van der Waals surface area contributed by atoms with Crippen molar-refractivity contribution in [3.8, 4) is 5.75 Å². The Balaban J connectivity index is 1.21. The Bertz CT molecular complexity index is 993. The minimum absolute atomic E-state index is 0.140. The molecule has 0 radical (unpaired) electrons. The molecule has 1 saturated carbocycles. The Morgan fingerprint density at radius 1 is 1.06 bits per heavy atom. The first kappa shape index (κ1) is 22.3. The van der Waals surface area contributed by atoms with Gasteiger partial charge in [-0.05, 0) is 73.5 Å². The Morgan fingerprint density at radius 3 is 2.73 bits per heavy atom. The Hall–Kier alpha value is -2.53. The number of piperidine rings is 1. The minimum atomic E-state index is -0.694. The van der Waals surface area contributed by atoms with Gasteiger partial charge in [0.1, 0.15) is 5.75 Å². The zero-order chi connectivity index (χ0) is 22.9. The van der Waals surface area contributed by atoms with Crippen LogP contribution in [0.3, 0.4) is 0 Å². The predicted molar refractivity (Wildman–Crippen MR) is 128 cm³/mol. The summed E-state index contributed by atoms with van der Waals surface area (Å²) in [5.74, 6) is 0.769. The molecule has 1 heterocycles. The summed E-state index contributed by atoms with van der Waals surface area (Å²) in [6.45, 7) is 3.83.